The van der Waals surface area contributed by atoms with Crippen molar-refractivity contribution in [1.82, 2.24) is 15.2 Å². The van der Waals surface area contributed by atoms with Gasteiger partial charge in [0.25, 0.3) is 0 Å². The molecule has 2 N–H and O–H groups in total. The highest BCUT2D eigenvalue weighted by Crippen LogP contribution is 2.30. The van der Waals surface area contributed by atoms with Crippen LogP contribution in [0.3, 0.4) is 0 Å². The molecule has 2 heterocycles. The molecule has 1 atom stereocenters. The summed E-state index contributed by atoms with van der Waals surface area (Å²) in [6.07, 6.45) is 16.7. The van der Waals surface area contributed by atoms with Gasteiger partial charge in [-0.05, 0) is 64.0 Å². The first-order chi connectivity index (χ1) is 9.82. The molecule has 1 unspecified atom stereocenters. The van der Waals surface area contributed by atoms with Gasteiger partial charge >= 0.3 is 0 Å². The van der Waals surface area contributed by atoms with Crippen LogP contribution in [0.25, 0.3) is 6.20 Å². The molecule has 1 aromatic rings. The van der Waals surface area contributed by atoms with E-state index in [9.17, 15) is 0 Å². The monoisotopic (exact) mass is 273 g/mol. The van der Waals surface area contributed by atoms with Crippen molar-refractivity contribution in [3.63, 3.8) is 0 Å². The molecule has 0 fully saturated rings. The number of hydrogen-bond acceptors (Lipinski definition) is 2. The fraction of sp³-hybridized carbons (Fsp3) is 0.529. The Kier molecular flexibility index (Phi) is 5.48. The number of fused-ring (bicyclic) bond motifs is 1. The first-order valence-electron chi connectivity index (χ1n) is 7.73. The molecule has 3 nitrogen and oxygen atoms in total. The fourth-order valence-electron chi connectivity index (χ4n) is 2.85. The van der Waals surface area contributed by atoms with Crippen molar-refractivity contribution in [3.05, 3.63) is 42.4 Å². The quantitative estimate of drug-likeness (QED) is 0.879. The van der Waals surface area contributed by atoms with Gasteiger partial charge in [-0.2, -0.15) is 0 Å². The normalized spacial score (nSPS) is 26.1. The summed E-state index contributed by atoms with van der Waals surface area (Å²) >= 11 is 0. The third-order valence-corrected chi connectivity index (χ3v) is 4.16. The zero-order valence-corrected chi connectivity index (χ0v) is 12.7. The standard InChI is InChI=1S/C17H27N3/c1-3-17(11-13-18-2)16-10-9-15-20(16)14-8-6-4-5-7-12-19-17/h7-10,12,14-15,18-19H,3-6,11,13H2,1-2H3/b12-7+,14-8+. The van der Waals surface area contributed by atoms with Crippen LogP contribution in [0.5, 0.6) is 0 Å². The maximum absolute atomic E-state index is 3.68. The average Bonchev–Trinajstić information content (AvgIpc) is 2.93. The van der Waals surface area contributed by atoms with Gasteiger partial charge in [-0.1, -0.05) is 19.1 Å². The summed E-state index contributed by atoms with van der Waals surface area (Å²) in [5.74, 6) is 0. The second kappa shape index (κ2) is 7.34. The van der Waals surface area contributed by atoms with Crippen LogP contribution < -0.4 is 10.6 Å². The van der Waals surface area contributed by atoms with Gasteiger partial charge < -0.3 is 15.2 Å². The molecule has 2 rings (SSSR count). The van der Waals surface area contributed by atoms with Crippen molar-refractivity contribution >= 4 is 6.20 Å². The molecule has 0 spiro atoms. The first-order valence-corrected chi connectivity index (χ1v) is 7.73. The van der Waals surface area contributed by atoms with E-state index in [4.69, 9.17) is 0 Å². The molecule has 0 aliphatic carbocycles. The minimum atomic E-state index is -0.00229. The van der Waals surface area contributed by atoms with E-state index in [1.165, 1.54) is 12.1 Å². The molecule has 0 bridgehead atoms. The molecule has 3 heteroatoms. The van der Waals surface area contributed by atoms with Crippen LogP contribution in [-0.2, 0) is 5.54 Å². The zero-order chi connectivity index (χ0) is 14.3. The molecular formula is C17H27N3. The Bertz CT molecular complexity index is 459. The lowest BCUT2D eigenvalue weighted by atomic mass is 9.88. The lowest BCUT2D eigenvalue weighted by molar-refractivity contribution is 0.319. The molecule has 0 radical (unpaired) electrons. The fourth-order valence-corrected chi connectivity index (χ4v) is 2.85. The minimum absolute atomic E-state index is 0.00229. The summed E-state index contributed by atoms with van der Waals surface area (Å²) in [4.78, 5) is 0. The van der Waals surface area contributed by atoms with E-state index in [2.05, 4.69) is 65.0 Å². The van der Waals surface area contributed by atoms with Crippen LogP contribution in [0.2, 0.25) is 0 Å². The Morgan fingerprint density at radius 2 is 2.20 bits per heavy atom. The average molecular weight is 273 g/mol. The first kappa shape index (κ1) is 14.9. The van der Waals surface area contributed by atoms with Gasteiger partial charge in [0, 0.05) is 18.1 Å². The molecule has 0 amide bonds. The van der Waals surface area contributed by atoms with Gasteiger partial charge in [0.15, 0.2) is 0 Å². The highest BCUT2D eigenvalue weighted by Gasteiger charge is 2.30. The predicted molar refractivity (Wildman–Crippen MR) is 86.4 cm³/mol. The molecule has 1 aromatic heterocycles. The highest BCUT2D eigenvalue weighted by atomic mass is 15.1. The van der Waals surface area contributed by atoms with Crippen molar-refractivity contribution in [2.75, 3.05) is 13.6 Å². The van der Waals surface area contributed by atoms with Crippen molar-refractivity contribution in [3.8, 4) is 0 Å². The van der Waals surface area contributed by atoms with E-state index in [0.717, 1.165) is 32.2 Å². The highest BCUT2D eigenvalue weighted by molar-refractivity contribution is 5.33. The van der Waals surface area contributed by atoms with Crippen LogP contribution in [0, 0.1) is 0 Å². The summed E-state index contributed by atoms with van der Waals surface area (Å²) in [6.45, 7) is 3.26. The van der Waals surface area contributed by atoms with E-state index in [1.54, 1.807) is 0 Å². The Morgan fingerprint density at radius 1 is 1.35 bits per heavy atom. The van der Waals surface area contributed by atoms with E-state index in [-0.39, 0.29) is 5.54 Å². The Labute approximate surface area is 122 Å². The zero-order valence-electron chi connectivity index (χ0n) is 12.7. The number of rotatable bonds is 4. The second-order valence-corrected chi connectivity index (χ2v) is 5.45. The third-order valence-electron chi connectivity index (χ3n) is 4.16. The molecule has 0 saturated heterocycles. The summed E-state index contributed by atoms with van der Waals surface area (Å²) in [5.41, 5.74) is 1.34. The molecule has 0 aromatic carbocycles. The number of nitrogens with zero attached hydrogens (tertiary/aromatic N) is 1. The van der Waals surface area contributed by atoms with Gasteiger partial charge in [-0.3, -0.25) is 0 Å². The third kappa shape index (κ3) is 3.34. The number of nitrogens with one attached hydrogen (secondary N) is 2. The summed E-state index contributed by atoms with van der Waals surface area (Å²) in [6, 6.07) is 4.38. The topological polar surface area (TPSA) is 29.0 Å². The summed E-state index contributed by atoms with van der Waals surface area (Å²) in [5, 5.41) is 6.96. The number of hydrogen-bond donors (Lipinski definition) is 2. The van der Waals surface area contributed by atoms with Crippen molar-refractivity contribution in [2.24, 2.45) is 0 Å². The number of allylic oxidation sites excluding steroid dienone is 2. The van der Waals surface area contributed by atoms with Crippen LogP contribution >= 0.6 is 0 Å². The van der Waals surface area contributed by atoms with E-state index in [1.807, 2.05) is 7.05 Å². The lowest BCUT2D eigenvalue weighted by Crippen LogP contribution is -2.42. The maximum Gasteiger partial charge on any atom is 0.0783 e. The molecular weight excluding hydrogens is 246 g/mol. The Hall–Kier alpha value is -1.48. The van der Waals surface area contributed by atoms with Gasteiger partial charge in [0.2, 0.25) is 0 Å². The van der Waals surface area contributed by atoms with Gasteiger partial charge in [-0.15, -0.1) is 0 Å². The van der Waals surface area contributed by atoms with Gasteiger partial charge in [0.05, 0.1) is 5.54 Å². The molecule has 1 aliphatic heterocycles. The van der Waals surface area contributed by atoms with Gasteiger partial charge in [-0.25, -0.2) is 0 Å². The van der Waals surface area contributed by atoms with Crippen LogP contribution in [0.1, 0.15) is 44.7 Å². The molecule has 110 valence electrons. The predicted octanol–water partition coefficient (Wildman–Crippen LogP) is 3.46. The second-order valence-electron chi connectivity index (χ2n) is 5.45. The Balaban J connectivity index is 2.38. The van der Waals surface area contributed by atoms with Gasteiger partial charge in [0.1, 0.15) is 0 Å². The molecule has 1 aliphatic rings. The van der Waals surface area contributed by atoms with Crippen molar-refractivity contribution in [1.29, 1.82) is 0 Å². The lowest BCUT2D eigenvalue weighted by Gasteiger charge is -2.34. The van der Waals surface area contributed by atoms with Crippen molar-refractivity contribution in [2.45, 2.75) is 44.6 Å². The maximum atomic E-state index is 3.68. The summed E-state index contributed by atoms with van der Waals surface area (Å²) < 4.78 is 2.27. The van der Waals surface area contributed by atoms with Crippen molar-refractivity contribution < 1.29 is 0 Å². The molecule has 0 saturated carbocycles. The molecule has 20 heavy (non-hydrogen) atoms. The Morgan fingerprint density at radius 3 is 3.00 bits per heavy atom. The van der Waals surface area contributed by atoms with E-state index >= 15 is 0 Å². The summed E-state index contributed by atoms with van der Waals surface area (Å²) in [7, 11) is 2.02. The smallest absolute Gasteiger partial charge is 0.0783 e. The largest absolute Gasteiger partial charge is 0.380 e. The SMILES string of the molecule is CCC1(CCNC)N/C=C/CCC/C=C/n2cccc21. The number of aromatic nitrogens is 1. The minimum Gasteiger partial charge on any atom is -0.380 e. The van der Waals surface area contributed by atoms with E-state index in [0.29, 0.717) is 0 Å². The van der Waals surface area contributed by atoms with Crippen LogP contribution in [-0.4, -0.2) is 18.2 Å². The van der Waals surface area contributed by atoms with Crippen LogP contribution in [0.15, 0.2) is 36.7 Å². The van der Waals surface area contributed by atoms with Crippen LogP contribution in [0.4, 0.5) is 0 Å². The van der Waals surface area contributed by atoms with E-state index < -0.39 is 0 Å².